The highest BCUT2D eigenvalue weighted by Gasteiger charge is 2.22. The quantitative estimate of drug-likeness (QED) is 0.655. The Morgan fingerprint density at radius 1 is 1.75 bits per heavy atom. The molecule has 0 bridgehead atoms. The molecule has 4 N–H and O–H groups in total. The molecule has 1 atom stereocenters. The molecule has 0 aliphatic carbocycles. The Labute approximate surface area is 94.4 Å². The number of rotatable bonds is 5. The Kier molecular flexibility index (Phi) is 3.54. The van der Waals surface area contributed by atoms with E-state index in [0.717, 1.165) is 5.69 Å². The molecule has 6 nitrogen and oxygen atoms in total. The van der Waals surface area contributed by atoms with E-state index in [1.807, 2.05) is 6.92 Å². The van der Waals surface area contributed by atoms with Crippen LogP contribution < -0.4 is 11.1 Å². The van der Waals surface area contributed by atoms with Gasteiger partial charge >= 0.3 is 0 Å². The number of nitrogens with one attached hydrogen (secondary N) is 1. The summed E-state index contributed by atoms with van der Waals surface area (Å²) in [5.41, 5.74) is 4.96. The van der Waals surface area contributed by atoms with E-state index in [1.165, 1.54) is 4.68 Å². The number of carbonyl (C=O) groups is 1. The Morgan fingerprint density at radius 3 is 2.88 bits per heavy atom. The summed E-state index contributed by atoms with van der Waals surface area (Å²) < 4.78 is 1.45. The summed E-state index contributed by atoms with van der Waals surface area (Å²) in [6.45, 7) is 5.36. The van der Waals surface area contributed by atoms with Crippen molar-refractivity contribution in [2.24, 2.45) is 5.73 Å². The first kappa shape index (κ1) is 12.5. The minimum Gasteiger partial charge on any atom is -0.388 e. The fourth-order valence-electron chi connectivity index (χ4n) is 1.11. The van der Waals surface area contributed by atoms with Gasteiger partial charge in [0.15, 0.2) is 0 Å². The lowest BCUT2D eigenvalue weighted by Gasteiger charge is -2.26. The zero-order valence-electron chi connectivity index (χ0n) is 9.77. The van der Waals surface area contributed by atoms with Crippen LogP contribution in [0.15, 0.2) is 12.4 Å². The van der Waals surface area contributed by atoms with Crippen LogP contribution in [0.25, 0.3) is 0 Å². The predicted molar refractivity (Wildman–Crippen MR) is 60.8 cm³/mol. The topological polar surface area (TPSA) is 93.2 Å². The SMILES string of the molecule is CC(Nc1cnn(CC(N)=O)c1)C(C)(C)O. The van der Waals surface area contributed by atoms with Gasteiger partial charge in [-0.1, -0.05) is 0 Å². The number of amides is 1. The maximum Gasteiger partial charge on any atom is 0.239 e. The fraction of sp³-hybridized carbons (Fsp3) is 0.600. The smallest absolute Gasteiger partial charge is 0.239 e. The highest BCUT2D eigenvalue weighted by molar-refractivity contribution is 5.73. The van der Waals surface area contributed by atoms with E-state index in [-0.39, 0.29) is 12.6 Å². The van der Waals surface area contributed by atoms with E-state index < -0.39 is 11.5 Å². The van der Waals surface area contributed by atoms with Crippen LogP contribution in [-0.4, -0.2) is 32.4 Å². The van der Waals surface area contributed by atoms with Crippen molar-refractivity contribution in [3.8, 4) is 0 Å². The summed E-state index contributed by atoms with van der Waals surface area (Å²) in [6.07, 6.45) is 3.26. The summed E-state index contributed by atoms with van der Waals surface area (Å²) in [4.78, 5) is 10.7. The van der Waals surface area contributed by atoms with Crippen molar-refractivity contribution < 1.29 is 9.90 Å². The minimum absolute atomic E-state index is 0.0541. The number of hydrogen-bond donors (Lipinski definition) is 3. The molecule has 0 saturated heterocycles. The van der Waals surface area contributed by atoms with Crippen LogP contribution in [0.4, 0.5) is 5.69 Å². The van der Waals surface area contributed by atoms with Crippen LogP contribution in [0.1, 0.15) is 20.8 Å². The number of nitrogens with two attached hydrogens (primary N) is 1. The molecule has 16 heavy (non-hydrogen) atoms. The third kappa shape index (κ3) is 3.54. The van der Waals surface area contributed by atoms with E-state index in [2.05, 4.69) is 10.4 Å². The zero-order valence-corrected chi connectivity index (χ0v) is 9.77. The lowest BCUT2D eigenvalue weighted by molar-refractivity contribution is -0.118. The fourth-order valence-corrected chi connectivity index (χ4v) is 1.11. The van der Waals surface area contributed by atoms with Crippen molar-refractivity contribution in [2.45, 2.75) is 39.0 Å². The van der Waals surface area contributed by atoms with E-state index in [1.54, 1.807) is 26.2 Å². The van der Waals surface area contributed by atoms with Crippen LogP contribution in [0.3, 0.4) is 0 Å². The van der Waals surface area contributed by atoms with Crippen molar-refractivity contribution >= 4 is 11.6 Å². The first-order valence-corrected chi connectivity index (χ1v) is 5.08. The Morgan fingerprint density at radius 2 is 2.38 bits per heavy atom. The molecule has 0 saturated carbocycles. The molecular weight excluding hydrogens is 208 g/mol. The first-order chi connectivity index (χ1) is 7.29. The van der Waals surface area contributed by atoms with Crippen LogP contribution in [0.5, 0.6) is 0 Å². The second-order valence-corrected chi connectivity index (χ2v) is 4.41. The predicted octanol–water partition coefficient (Wildman–Crippen LogP) is -0.0603. The second kappa shape index (κ2) is 4.52. The van der Waals surface area contributed by atoms with Gasteiger partial charge in [-0.2, -0.15) is 5.10 Å². The Hall–Kier alpha value is -1.56. The van der Waals surface area contributed by atoms with Crippen LogP contribution in [-0.2, 0) is 11.3 Å². The maximum absolute atomic E-state index is 10.7. The third-order valence-corrected chi connectivity index (χ3v) is 2.39. The number of aromatic nitrogens is 2. The standard InChI is InChI=1S/C10H18N4O2/c1-7(10(2,3)16)13-8-4-12-14(5-8)6-9(11)15/h4-5,7,13,16H,6H2,1-3H3,(H2,11,15). The van der Waals surface area contributed by atoms with Gasteiger partial charge in [0.05, 0.1) is 23.5 Å². The van der Waals surface area contributed by atoms with Crippen LogP contribution in [0.2, 0.25) is 0 Å². The Balaban J connectivity index is 2.62. The van der Waals surface area contributed by atoms with E-state index in [0.29, 0.717) is 0 Å². The summed E-state index contributed by atoms with van der Waals surface area (Å²) in [6, 6.07) is -0.126. The van der Waals surface area contributed by atoms with E-state index >= 15 is 0 Å². The van der Waals surface area contributed by atoms with Gasteiger partial charge in [0, 0.05) is 6.20 Å². The molecular formula is C10H18N4O2. The molecule has 0 radical (unpaired) electrons. The lowest BCUT2D eigenvalue weighted by atomic mass is 10.0. The van der Waals surface area contributed by atoms with Crippen molar-refractivity contribution in [2.75, 3.05) is 5.32 Å². The number of aliphatic hydroxyl groups is 1. The third-order valence-electron chi connectivity index (χ3n) is 2.39. The normalized spacial score (nSPS) is 13.5. The second-order valence-electron chi connectivity index (χ2n) is 4.41. The summed E-state index contributed by atoms with van der Waals surface area (Å²) in [5.74, 6) is -0.440. The molecule has 0 fully saturated rings. The average molecular weight is 226 g/mol. The van der Waals surface area contributed by atoms with Crippen LogP contribution in [0, 0.1) is 0 Å². The largest absolute Gasteiger partial charge is 0.388 e. The van der Waals surface area contributed by atoms with Crippen molar-refractivity contribution in [3.05, 3.63) is 12.4 Å². The molecule has 6 heteroatoms. The molecule has 0 spiro atoms. The van der Waals surface area contributed by atoms with Gasteiger partial charge in [0.2, 0.25) is 5.91 Å². The molecule has 0 aliphatic rings. The highest BCUT2D eigenvalue weighted by Crippen LogP contribution is 2.14. The maximum atomic E-state index is 10.7. The molecule has 1 heterocycles. The molecule has 0 aliphatic heterocycles. The highest BCUT2D eigenvalue weighted by atomic mass is 16.3. The monoisotopic (exact) mass is 226 g/mol. The molecule has 1 aromatic rings. The number of anilines is 1. The summed E-state index contributed by atoms with van der Waals surface area (Å²) in [5, 5.41) is 16.8. The van der Waals surface area contributed by atoms with Gasteiger partial charge in [0.25, 0.3) is 0 Å². The van der Waals surface area contributed by atoms with Crippen molar-refractivity contribution in [3.63, 3.8) is 0 Å². The van der Waals surface area contributed by atoms with Gasteiger partial charge in [-0.3, -0.25) is 9.48 Å². The van der Waals surface area contributed by atoms with Crippen LogP contribution >= 0.6 is 0 Å². The van der Waals surface area contributed by atoms with Gasteiger partial charge < -0.3 is 16.2 Å². The number of carbonyl (C=O) groups excluding carboxylic acids is 1. The van der Waals surface area contributed by atoms with E-state index in [4.69, 9.17) is 5.73 Å². The van der Waals surface area contributed by atoms with Crippen molar-refractivity contribution in [1.82, 2.24) is 9.78 Å². The molecule has 1 rings (SSSR count). The minimum atomic E-state index is -0.828. The molecule has 1 aromatic heterocycles. The molecule has 90 valence electrons. The number of primary amides is 1. The number of hydrogen-bond acceptors (Lipinski definition) is 4. The van der Waals surface area contributed by atoms with Gasteiger partial charge in [-0.05, 0) is 20.8 Å². The van der Waals surface area contributed by atoms with Crippen molar-refractivity contribution in [1.29, 1.82) is 0 Å². The zero-order chi connectivity index (χ0) is 12.3. The van der Waals surface area contributed by atoms with Gasteiger partial charge in [-0.25, -0.2) is 0 Å². The summed E-state index contributed by atoms with van der Waals surface area (Å²) >= 11 is 0. The summed E-state index contributed by atoms with van der Waals surface area (Å²) in [7, 11) is 0. The van der Waals surface area contributed by atoms with Gasteiger partial charge in [-0.15, -0.1) is 0 Å². The Bertz CT molecular complexity index is 367. The number of nitrogens with zero attached hydrogens (tertiary/aromatic N) is 2. The molecule has 0 aromatic carbocycles. The van der Waals surface area contributed by atoms with E-state index in [9.17, 15) is 9.90 Å². The average Bonchev–Trinajstić information content (AvgIpc) is 2.49. The van der Waals surface area contributed by atoms with Gasteiger partial charge in [0.1, 0.15) is 6.54 Å². The molecule has 1 amide bonds. The molecule has 1 unspecified atom stereocenters. The lowest BCUT2D eigenvalue weighted by Crippen LogP contribution is -2.39. The first-order valence-electron chi connectivity index (χ1n) is 5.08.